The molecule has 0 unspecified atom stereocenters. The van der Waals surface area contributed by atoms with Gasteiger partial charge in [0.1, 0.15) is 11.5 Å². The van der Waals surface area contributed by atoms with E-state index in [1.807, 2.05) is 48.5 Å². The van der Waals surface area contributed by atoms with Gasteiger partial charge in [-0.25, -0.2) is 0 Å². The van der Waals surface area contributed by atoms with Gasteiger partial charge in [0.25, 0.3) is 5.91 Å². The first-order valence-electron chi connectivity index (χ1n) is 7.80. The molecule has 126 valence electrons. The van der Waals surface area contributed by atoms with Crippen molar-refractivity contribution in [3.63, 3.8) is 0 Å². The molecule has 25 heavy (non-hydrogen) atoms. The van der Waals surface area contributed by atoms with E-state index in [9.17, 15) is 4.79 Å². The lowest BCUT2D eigenvalue weighted by atomic mass is 10.1. The molecule has 0 aliphatic heterocycles. The number of carbonyl (C=O) groups is 1. The van der Waals surface area contributed by atoms with Crippen LogP contribution in [0.15, 0.2) is 77.5 Å². The Morgan fingerprint density at radius 1 is 1.12 bits per heavy atom. The first kappa shape index (κ1) is 17.2. The maximum absolute atomic E-state index is 12.8. The number of carbonyl (C=O) groups excluding carboxylic acids is 1. The van der Waals surface area contributed by atoms with Crippen LogP contribution in [0.5, 0.6) is 11.5 Å². The van der Waals surface area contributed by atoms with Crippen molar-refractivity contribution >= 4 is 21.8 Å². The van der Waals surface area contributed by atoms with Gasteiger partial charge in [0.05, 0.1) is 5.56 Å². The van der Waals surface area contributed by atoms with Crippen LogP contribution in [-0.2, 0) is 6.54 Å². The Balaban J connectivity index is 1.81. The Morgan fingerprint density at radius 2 is 1.96 bits per heavy atom. The van der Waals surface area contributed by atoms with Crippen molar-refractivity contribution in [3.8, 4) is 11.5 Å². The predicted octanol–water partition coefficient (Wildman–Crippen LogP) is 4.91. The van der Waals surface area contributed by atoms with Crippen LogP contribution in [0.2, 0.25) is 0 Å². The Morgan fingerprint density at radius 3 is 2.72 bits per heavy atom. The molecule has 4 nitrogen and oxygen atoms in total. The van der Waals surface area contributed by atoms with E-state index in [2.05, 4.69) is 20.9 Å². The average molecular weight is 397 g/mol. The fourth-order valence-electron chi connectivity index (χ4n) is 2.43. The van der Waals surface area contributed by atoms with Crippen LogP contribution in [0.1, 0.15) is 15.9 Å². The van der Waals surface area contributed by atoms with Gasteiger partial charge >= 0.3 is 0 Å². The number of nitrogens with zero attached hydrogens (tertiary/aromatic N) is 2. The van der Waals surface area contributed by atoms with Gasteiger partial charge in [0.2, 0.25) is 0 Å². The minimum atomic E-state index is -0.102. The first-order valence-corrected chi connectivity index (χ1v) is 8.59. The van der Waals surface area contributed by atoms with E-state index in [1.165, 1.54) is 0 Å². The highest BCUT2D eigenvalue weighted by Gasteiger charge is 2.17. The SMILES string of the molecule is CN(Cc1cccnc1)C(=O)c1ccccc1Oc1cccc(Br)c1. The second kappa shape index (κ2) is 7.94. The number of hydrogen-bond acceptors (Lipinski definition) is 3. The number of rotatable bonds is 5. The average Bonchev–Trinajstić information content (AvgIpc) is 2.62. The molecule has 1 heterocycles. The molecule has 0 saturated carbocycles. The van der Waals surface area contributed by atoms with Crippen molar-refractivity contribution in [3.05, 3.63) is 88.7 Å². The minimum absolute atomic E-state index is 0.102. The molecule has 0 spiro atoms. The summed E-state index contributed by atoms with van der Waals surface area (Å²) < 4.78 is 6.84. The molecule has 0 atom stereocenters. The molecule has 0 radical (unpaired) electrons. The zero-order valence-electron chi connectivity index (χ0n) is 13.7. The van der Waals surface area contributed by atoms with Gasteiger partial charge in [-0.15, -0.1) is 0 Å². The molecule has 3 aromatic rings. The van der Waals surface area contributed by atoms with Crippen molar-refractivity contribution in [2.75, 3.05) is 7.05 Å². The molecule has 1 amide bonds. The molecule has 0 fully saturated rings. The minimum Gasteiger partial charge on any atom is -0.456 e. The standard InChI is InChI=1S/C20H17BrN2O2/c1-23(14-15-6-5-11-22-13-15)20(24)18-9-2-3-10-19(18)25-17-8-4-7-16(21)12-17/h2-13H,14H2,1H3. The van der Waals surface area contributed by atoms with E-state index in [0.717, 1.165) is 10.0 Å². The number of hydrogen-bond donors (Lipinski definition) is 0. The molecular formula is C20H17BrN2O2. The van der Waals surface area contributed by atoms with Crippen LogP contribution in [0.25, 0.3) is 0 Å². The van der Waals surface area contributed by atoms with Gasteiger partial charge in [-0.1, -0.05) is 40.2 Å². The van der Waals surface area contributed by atoms with E-state index in [0.29, 0.717) is 23.6 Å². The van der Waals surface area contributed by atoms with Crippen LogP contribution in [-0.4, -0.2) is 22.8 Å². The fraction of sp³-hybridized carbons (Fsp3) is 0.100. The van der Waals surface area contributed by atoms with Gasteiger partial charge in [-0.05, 0) is 42.0 Å². The number of amides is 1. The summed E-state index contributed by atoms with van der Waals surface area (Å²) in [5.74, 6) is 1.10. The zero-order valence-corrected chi connectivity index (χ0v) is 15.3. The van der Waals surface area contributed by atoms with Crippen molar-refractivity contribution in [2.24, 2.45) is 0 Å². The highest BCUT2D eigenvalue weighted by atomic mass is 79.9. The maximum Gasteiger partial charge on any atom is 0.257 e. The lowest BCUT2D eigenvalue weighted by Gasteiger charge is -2.19. The third-order valence-electron chi connectivity index (χ3n) is 3.63. The smallest absolute Gasteiger partial charge is 0.257 e. The first-order chi connectivity index (χ1) is 12.1. The molecule has 3 rings (SSSR count). The third kappa shape index (κ3) is 4.45. The van der Waals surface area contributed by atoms with Crippen molar-refractivity contribution in [2.45, 2.75) is 6.54 Å². The van der Waals surface area contributed by atoms with Crippen LogP contribution in [0.3, 0.4) is 0 Å². The van der Waals surface area contributed by atoms with E-state index in [-0.39, 0.29) is 5.91 Å². The van der Waals surface area contributed by atoms with Gasteiger partial charge in [-0.2, -0.15) is 0 Å². The highest BCUT2D eigenvalue weighted by molar-refractivity contribution is 9.10. The largest absolute Gasteiger partial charge is 0.456 e. The van der Waals surface area contributed by atoms with E-state index < -0.39 is 0 Å². The summed E-state index contributed by atoms with van der Waals surface area (Å²) >= 11 is 3.42. The quantitative estimate of drug-likeness (QED) is 0.615. The van der Waals surface area contributed by atoms with Gasteiger partial charge in [0, 0.05) is 30.5 Å². The molecular weight excluding hydrogens is 380 g/mol. The summed E-state index contributed by atoms with van der Waals surface area (Å²) in [6.45, 7) is 0.484. The normalized spacial score (nSPS) is 10.3. The van der Waals surface area contributed by atoms with Crippen LogP contribution in [0, 0.1) is 0 Å². The predicted molar refractivity (Wildman–Crippen MR) is 101 cm³/mol. The summed E-state index contributed by atoms with van der Waals surface area (Å²) in [6.07, 6.45) is 3.47. The number of ether oxygens (including phenoxy) is 1. The number of para-hydroxylation sites is 1. The number of benzene rings is 2. The number of halogens is 1. The monoisotopic (exact) mass is 396 g/mol. The zero-order chi connectivity index (χ0) is 17.6. The number of pyridine rings is 1. The Labute approximate surface area is 155 Å². The lowest BCUT2D eigenvalue weighted by molar-refractivity contribution is 0.0782. The molecule has 0 N–H and O–H groups in total. The summed E-state index contributed by atoms with van der Waals surface area (Å²) in [6, 6.07) is 18.6. The molecule has 5 heteroatoms. The van der Waals surface area contributed by atoms with Crippen molar-refractivity contribution < 1.29 is 9.53 Å². The Bertz CT molecular complexity index is 868. The molecule has 0 bridgehead atoms. The molecule has 1 aromatic heterocycles. The summed E-state index contributed by atoms with van der Waals surface area (Å²) in [4.78, 5) is 18.6. The van der Waals surface area contributed by atoms with E-state index in [1.54, 1.807) is 36.5 Å². The summed E-state index contributed by atoms with van der Waals surface area (Å²) in [5, 5.41) is 0. The fourth-order valence-corrected chi connectivity index (χ4v) is 2.81. The maximum atomic E-state index is 12.8. The van der Waals surface area contributed by atoms with Crippen LogP contribution >= 0.6 is 15.9 Å². The summed E-state index contributed by atoms with van der Waals surface area (Å²) in [5.41, 5.74) is 1.50. The number of aromatic nitrogens is 1. The molecule has 0 saturated heterocycles. The lowest BCUT2D eigenvalue weighted by Crippen LogP contribution is -2.26. The highest BCUT2D eigenvalue weighted by Crippen LogP contribution is 2.28. The van der Waals surface area contributed by atoms with Crippen molar-refractivity contribution in [1.29, 1.82) is 0 Å². The topological polar surface area (TPSA) is 42.4 Å². The van der Waals surface area contributed by atoms with E-state index >= 15 is 0 Å². The molecule has 0 aliphatic carbocycles. The Kier molecular flexibility index (Phi) is 5.46. The summed E-state index contributed by atoms with van der Waals surface area (Å²) in [7, 11) is 1.77. The van der Waals surface area contributed by atoms with Crippen LogP contribution in [0.4, 0.5) is 0 Å². The third-order valence-corrected chi connectivity index (χ3v) is 4.12. The van der Waals surface area contributed by atoms with Gasteiger partial charge in [0.15, 0.2) is 0 Å². The van der Waals surface area contributed by atoms with Gasteiger partial charge in [-0.3, -0.25) is 9.78 Å². The second-order valence-corrected chi connectivity index (χ2v) is 6.49. The van der Waals surface area contributed by atoms with Crippen molar-refractivity contribution in [1.82, 2.24) is 9.88 Å². The van der Waals surface area contributed by atoms with Crippen LogP contribution < -0.4 is 4.74 Å². The molecule has 0 aliphatic rings. The second-order valence-electron chi connectivity index (χ2n) is 5.58. The van der Waals surface area contributed by atoms with E-state index in [4.69, 9.17) is 4.74 Å². The molecule has 2 aromatic carbocycles. The Hall–Kier alpha value is -2.66. The van der Waals surface area contributed by atoms with Gasteiger partial charge < -0.3 is 9.64 Å².